The van der Waals surface area contributed by atoms with Crippen LogP contribution in [0.15, 0.2) is 24.3 Å². The first-order valence-corrected chi connectivity index (χ1v) is 10.9. The molecular weight excluding hydrogens is 452 g/mol. The number of nitrogens with zero attached hydrogens (tertiary/aromatic N) is 1. The van der Waals surface area contributed by atoms with Crippen molar-refractivity contribution in [3.8, 4) is 5.75 Å². The molecule has 0 bridgehead atoms. The lowest BCUT2D eigenvalue weighted by molar-refractivity contribution is -0.149. The summed E-state index contributed by atoms with van der Waals surface area (Å²) in [6, 6.07) is 6.99. The highest BCUT2D eigenvalue weighted by Crippen LogP contribution is 2.34. The average molecular weight is 477 g/mol. The zero-order valence-corrected chi connectivity index (χ0v) is 19.2. The van der Waals surface area contributed by atoms with Crippen LogP contribution < -0.4 is 15.4 Å². The number of rotatable bonds is 8. The summed E-state index contributed by atoms with van der Waals surface area (Å²) in [5.74, 6) is -2.35. The number of hydrogen-bond acceptors (Lipinski definition) is 10. The van der Waals surface area contributed by atoms with Crippen molar-refractivity contribution in [3.05, 3.63) is 40.3 Å². The topological polar surface area (TPSA) is 134 Å². The van der Waals surface area contributed by atoms with Gasteiger partial charge in [0.1, 0.15) is 27.8 Å². The summed E-state index contributed by atoms with van der Waals surface area (Å²) in [6.07, 6.45) is -0.0223. The van der Waals surface area contributed by atoms with E-state index in [1.165, 1.54) is 19.1 Å². The maximum absolute atomic E-state index is 12.7. The summed E-state index contributed by atoms with van der Waals surface area (Å²) < 4.78 is 20.2. The first-order valence-electron chi connectivity index (χ1n) is 10.1. The third-order valence-electron chi connectivity index (χ3n) is 5.07. The van der Waals surface area contributed by atoms with Crippen molar-refractivity contribution >= 4 is 45.8 Å². The highest BCUT2D eigenvalue weighted by molar-refractivity contribution is 7.18. The van der Waals surface area contributed by atoms with Crippen LogP contribution in [0.4, 0.5) is 10.7 Å². The fourth-order valence-corrected chi connectivity index (χ4v) is 4.45. The van der Waals surface area contributed by atoms with Gasteiger partial charge in [-0.05, 0) is 31.2 Å². The largest absolute Gasteiger partial charge is 0.494 e. The molecule has 0 spiro atoms. The van der Waals surface area contributed by atoms with Gasteiger partial charge in [-0.2, -0.15) is 0 Å². The number of amides is 1. The van der Waals surface area contributed by atoms with Gasteiger partial charge in [-0.15, -0.1) is 11.3 Å². The van der Waals surface area contributed by atoms with E-state index in [1.807, 2.05) is 6.92 Å². The number of carbonyl (C=O) groups is 4. The Labute approximate surface area is 194 Å². The van der Waals surface area contributed by atoms with Crippen LogP contribution >= 0.6 is 11.3 Å². The number of carbonyl (C=O) groups excluding carboxylic acids is 4. The molecule has 33 heavy (non-hydrogen) atoms. The Hall–Kier alpha value is -3.60. The number of thiophene rings is 1. The van der Waals surface area contributed by atoms with Crippen molar-refractivity contribution in [3.63, 3.8) is 0 Å². The molecule has 3 rings (SSSR count). The van der Waals surface area contributed by atoms with E-state index in [0.717, 1.165) is 11.3 Å². The van der Waals surface area contributed by atoms with Gasteiger partial charge in [0, 0.05) is 24.2 Å². The molecule has 11 heteroatoms. The summed E-state index contributed by atoms with van der Waals surface area (Å²) in [5, 5.41) is 0.0472. The van der Waals surface area contributed by atoms with Crippen LogP contribution in [0.2, 0.25) is 0 Å². The number of hydrogen-bond donors (Lipinski definition) is 1. The Kier molecular flexibility index (Phi) is 7.54. The fraction of sp³-hybridized carbons (Fsp3) is 0.364. The maximum atomic E-state index is 12.7. The van der Waals surface area contributed by atoms with E-state index in [2.05, 4.69) is 0 Å². The second-order valence-corrected chi connectivity index (χ2v) is 8.12. The Morgan fingerprint density at radius 3 is 2.39 bits per heavy atom. The Bertz CT molecular complexity index is 1060. The molecule has 1 unspecified atom stereocenters. The summed E-state index contributed by atoms with van der Waals surface area (Å²) in [6.45, 7) is 2.15. The van der Waals surface area contributed by atoms with E-state index in [-0.39, 0.29) is 39.9 Å². The standard InChI is InChI=1S/C22H24N2O8S/c1-4-31-14-7-5-13(6-8-14)24-10-12(9-16(24)25)20(26)32-11-15-17(21(27)29-2)19(23)33-18(15)22(28)30-3/h5-8,12H,4,9-11,23H2,1-3H3. The predicted octanol–water partition coefficient (Wildman–Crippen LogP) is 2.40. The highest BCUT2D eigenvalue weighted by atomic mass is 32.1. The monoisotopic (exact) mass is 476 g/mol. The lowest BCUT2D eigenvalue weighted by Crippen LogP contribution is -2.26. The number of benzene rings is 1. The van der Waals surface area contributed by atoms with Gasteiger partial charge in [0.25, 0.3) is 0 Å². The van der Waals surface area contributed by atoms with Gasteiger partial charge in [-0.1, -0.05) is 0 Å². The van der Waals surface area contributed by atoms with E-state index in [1.54, 1.807) is 24.3 Å². The van der Waals surface area contributed by atoms with Crippen molar-refractivity contribution in [1.82, 2.24) is 0 Å². The van der Waals surface area contributed by atoms with Crippen LogP contribution in [0.1, 0.15) is 38.9 Å². The molecule has 176 valence electrons. The van der Waals surface area contributed by atoms with Gasteiger partial charge in [0.2, 0.25) is 5.91 Å². The minimum Gasteiger partial charge on any atom is -0.494 e. The quantitative estimate of drug-likeness (QED) is 0.450. The summed E-state index contributed by atoms with van der Waals surface area (Å²) in [7, 11) is 2.36. The predicted molar refractivity (Wildman–Crippen MR) is 119 cm³/mol. The third kappa shape index (κ3) is 5.08. The first-order chi connectivity index (χ1) is 15.8. The maximum Gasteiger partial charge on any atom is 0.348 e. The van der Waals surface area contributed by atoms with E-state index < -0.39 is 30.4 Å². The zero-order valence-electron chi connectivity index (χ0n) is 18.4. The van der Waals surface area contributed by atoms with Gasteiger partial charge in [0.05, 0.1) is 26.7 Å². The van der Waals surface area contributed by atoms with Gasteiger partial charge < -0.3 is 29.6 Å². The molecule has 1 atom stereocenters. The Morgan fingerprint density at radius 2 is 1.79 bits per heavy atom. The van der Waals surface area contributed by atoms with Crippen molar-refractivity contribution in [2.75, 3.05) is 38.0 Å². The van der Waals surface area contributed by atoms with Crippen molar-refractivity contribution in [2.45, 2.75) is 20.0 Å². The molecule has 1 amide bonds. The van der Waals surface area contributed by atoms with Crippen molar-refractivity contribution in [1.29, 1.82) is 0 Å². The lowest BCUT2D eigenvalue weighted by Gasteiger charge is -2.17. The Morgan fingerprint density at radius 1 is 1.12 bits per heavy atom. The summed E-state index contributed by atoms with van der Waals surface area (Å²) in [4.78, 5) is 51.0. The Balaban J connectivity index is 1.72. The zero-order chi connectivity index (χ0) is 24.1. The van der Waals surface area contributed by atoms with Crippen LogP contribution in [-0.4, -0.2) is 51.2 Å². The summed E-state index contributed by atoms with van der Waals surface area (Å²) >= 11 is 0.842. The van der Waals surface area contributed by atoms with E-state index in [4.69, 9.17) is 24.7 Å². The molecule has 0 saturated carbocycles. The number of methoxy groups -OCH3 is 2. The van der Waals surface area contributed by atoms with Crippen molar-refractivity contribution < 1.29 is 38.1 Å². The molecular formula is C22H24N2O8S. The number of nitrogen functional groups attached to an aromatic ring is 1. The summed E-state index contributed by atoms with van der Waals surface area (Å²) in [5.41, 5.74) is 6.58. The van der Waals surface area contributed by atoms with Gasteiger partial charge >= 0.3 is 17.9 Å². The molecule has 0 radical (unpaired) electrons. The second kappa shape index (κ2) is 10.3. The second-order valence-electron chi connectivity index (χ2n) is 7.07. The van der Waals surface area contributed by atoms with Crippen LogP contribution in [0, 0.1) is 5.92 Å². The number of esters is 3. The smallest absolute Gasteiger partial charge is 0.348 e. The molecule has 0 aliphatic carbocycles. The first kappa shape index (κ1) is 24.1. The van der Waals surface area contributed by atoms with Gasteiger partial charge in [0.15, 0.2) is 0 Å². The molecule has 1 fully saturated rings. The minimum absolute atomic E-state index is 0.0223. The highest BCUT2D eigenvalue weighted by Gasteiger charge is 2.37. The lowest BCUT2D eigenvalue weighted by atomic mass is 10.1. The fourth-order valence-electron chi connectivity index (χ4n) is 3.47. The minimum atomic E-state index is -0.761. The molecule has 1 aliphatic rings. The number of anilines is 2. The number of nitrogens with two attached hydrogens (primary N) is 1. The molecule has 1 saturated heterocycles. The molecule has 2 aromatic rings. The molecule has 2 heterocycles. The molecule has 2 N–H and O–H groups in total. The van der Waals surface area contributed by atoms with Crippen LogP contribution in [0.5, 0.6) is 5.75 Å². The molecule has 1 aliphatic heterocycles. The molecule has 1 aromatic heterocycles. The van der Waals surface area contributed by atoms with E-state index >= 15 is 0 Å². The van der Waals surface area contributed by atoms with Crippen LogP contribution in [0.3, 0.4) is 0 Å². The molecule has 10 nitrogen and oxygen atoms in total. The van der Waals surface area contributed by atoms with Crippen LogP contribution in [-0.2, 0) is 30.4 Å². The average Bonchev–Trinajstić information content (AvgIpc) is 3.37. The SMILES string of the molecule is CCOc1ccc(N2CC(C(=O)OCc3c(C(=O)OC)sc(N)c3C(=O)OC)CC2=O)cc1. The van der Waals surface area contributed by atoms with Crippen LogP contribution in [0.25, 0.3) is 0 Å². The van der Waals surface area contributed by atoms with Gasteiger partial charge in [-0.25, -0.2) is 9.59 Å². The number of ether oxygens (including phenoxy) is 4. The molecule has 1 aromatic carbocycles. The normalized spacial score (nSPS) is 15.3. The van der Waals surface area contributed by atoms with E-state index in [9.17, 15) is 19.2 Å². The van der Waals surface area contributed by atoms with E-state index in [0.29, 0.717) is 18.0 Å². The van der Waals surface area contributed by atoms with Crippen molar-refractivity contribution in [2.24, 2.45) is 5.92 Å². The van der Waals surface area contributed by atoms with Gasteiger partial charge in [-0.3, -0.25) is 9.59 Å². The third-order valence-corrected chi connectivity index (χ3v) is 6.11.